The van der Waals surface area contributed by atoms with Crippen LogP contribution >= 0.6 is 0 Å². The van der Waals surface area contributed by atoms with E-state index in [-0.39, 0.29) is 6.54 Å². The van der Waals surface area contributed by atoms with E-state index in [1.54, 1.807) is 24.3 Å². The van der Waals surface area contributed by atoms with Crippen LogP contribution in [0.15, 0.2) is 24.3 Å². The second-order valence-electron chi connectivity index (χ2n) is 3.15. The highest BCUT2D eigenvalue weighted by Crippen LogP contribution is 2.03. The van der Waals surface area contributed by atoms with E-state index in [9.17, 15) is 13.2 Å². The van der Waals surface area contributed by atoms with Crippen LogP contribution in [-0.2, 0) is 16.6 Å². The zero-order valence-corrected chi connectivity index (χ0v) is 9.04. The number of carbonyl (C=O) groups is 1. The Bertz CT molecular complexity index is 451. The molecule has 1 aromatic rings. The van der Waals surface area contributed by atoms with Crippen LogP contribution in [0.2, 0.25) is 0 Å². The number of hydrogen-bond acceptors (Lipinski definition) is 3. The Hall–Kier alpha value is -1.40. The van der Waals surface area contributed by atoms with Gasteiger partial charge in [-0.05, 0) is 17.7 Å². The fraction of sp³-hybridized carbons (Fsp3) is 0.222. The van der Waals surface area contributed by atoms with E-state index in [4.69, 9.17) is 5.73 Å². The lowest BCUT2D eigenvalue weighted by Gasteiger charge is -2.02. The molecule has 0 saturated heterocycles. The standard InChI is InChI=1S/C9H12N2O3S/c1-15(13,14)11-6-7-2-4-8(5-3-7)9(10)12/h2-5,11H,6H2,1H3,(H2,10,12). The molecule has 0 unspecified atom stereocenters. The molecule has 5 nitrogen and oxygen atoms in total. The van der Waals surface area contributed by atoms with Gasteiger partial charge in [-0.2, -0.15) is 0 Å². The van der Waals surface area contributed by atoms with Crippen molar-refractivity contribution < 1.29 is 13.2 Å². The quantitative estimate of drug-likeness (QED) is 0.750. The van der Waals surface area contributed by atoms with Crippen LogP contribution in [0, 0.1) is 0 Å². The minimum absolute atomic E-state index is 0.206. The van der Waals surface area contributed by atoms with Crippen LogP contribution in [0.5, 0.6) is 0 Å². The Morgan fingerprint density at radius 2 is 1.87 bits per heavy atom. The van der Waals surface area contributed by atoms with E-state index in [0.29, 0.717) is 5.56 Å². The van der Waals surface area contributed by atoms with Gasteiger partial charge in [0.2, 0.25) is 15.9 Å². The zero-order chi connectivity index (χ0) is 11.5. The second-order valence-corrected chi connectivity index (χ2v) is 4.99. The van der Waals surface area contributed by atoms with Gasteiger partial charge in [-0.3, -0.25) is 4.79 Å². The number of sulfonamides is 1. The first-order chi connectivity index (χ1) is 6.88. The Morgan fingerprint density at radius 3 is 2.27 bits per heavy atom. The Labute approximate surface area is 88.3 Å². The molecule has 0 aromatic heterocycles. The average molecular weight is 228 g/mol. The molecule has 6 heteroatoms. The van der Waals surface area contributed by atoms with E-state index < -0.39 is 15.9 Å². The van der Waals surface area contributed by atoms with Gasteiger partial charge in [0.25, 0.3) is 0 Å². The molecule has 1 amide bonds. The van der Waals surface area contributed by atoms with E-state index in [1.807, 2.05) is 0 Å². The normalized spacial score (nSPS) is 11.3. The smallest absolute Gasteiger partial charge is 0.248 e. The first-order valence-electron chi connectivity index (χ1n) is 4.22. The zero-order valence-electron chi connectivity index (χ0n) is 8.23. The molecule has 0 spiro atoms. The summed E-state index contributed by atoms with van der Waals surface area (Å²) in [6.07, 6.45) is 1.09. The Balaban J connectivity index is 2.69. The molecule has 0 aliphatic heterocycles. The van der Waals surface area contributed by atoms with Gasteiger partial charge in [-0.15, -0.1) is 0 Å². The van der Waals surface area contributed by atoms with Gasteiger partial charge >= 0.3 is 0 Å². The highest BCUT2D eigenvalue weighted by molar-refractivity contribution is 7.88. The van der Waals surface area contributed by atoms with Crippen molar-refractivity contribution >= 4 is 15.9 Å². The molecule has 15 heavy (non-hydrogen) atoms. The van der Waals surface area contributed by atoms with Gasteiger partial charge in [-0.1, -0.05) is 12.1 Å². The second kappa shape index (κ2) is 4.41. The highest BCUT2D eigenvalue weighted by Gasteiger charge is 2.02. The average Bonchev–Trinajstić information content (AvgIpc) is 2.14. The third kappa shape index (κ3) is 4.09. The summed E-state index contributed by atoms with van der Waals surface area (Å²) in [6.45, 7) is 0.206. The van der Waals surface area contributed by atoms with Gasteiger partial charge < -0.3 is 5.73 Å². The molecule has 1 aromatic carbocycles. The van der Waals surface area contributed by atoms with Gasteiger partial charge in [0, 0.05) is 12.1 Å². The first kappa shape index (κ1) is 11.7. The SMILES string of the molecule is CS(=O)(=O)NCc1ccc(C(N)=O)cc1. The summed E-state index contributed by atoms with van der Waals surface area (Å²) < 4.78 is 23.9. The molecule has 0 atom stereocenters. The number of nitrogens with two attached hydrogens (primary N) is 1. The van der Waals surface area contributed by atoms with Gasteiger partial charge in [0.15, 0.2) is 0 Å². The van der Waals surface area contributed by atoms with Gasteiger partial charge in [0.05, 0.1) is 6.26 Å². The van der Waals surface area contributed by atoms with Crippen molar-refractivity contribution in [3.63, 3.8) is 0 Å². The molecule has 0 aliphatic carbocycles. The monoisotopic (exact) mass is 228 g/mol. The maximum atomic E-state index is 10.8. The minimum Gasteiger partial charge on any atom is -0.366 e. The van der Waals surface area contributed by atoms with Crippen LogP contribution in [0.3, 0.4) is 0 Å². The molecule has 82 valence electrons. The largest absolute Gasteiger partial charge is 0.366 e. The number of hydrogen-bond donors (Lipinski definition) is 2. The van der Waals surface area contributed by atoms with Crippen molar-refractivity contribution in [2.45, 2.75) is 6.54 Å². The van der Waals surface area contributed by atoms with Crippen molar-refractivity contribution in [2.24, 2.45) is 5.73 Å². The minimum atomic E-state index is -3.19. The highest BCUT2D eigenvalue weighted by atomic mass is 32.2. The fourth-order valence-corrected chi connectivity index (χ4v) is 1.43. The molecule has 0 radical (unpaired) electrons. The Morgan fingerprint density at radius 1 is 1.33 bits per heavy atom. The molecule has 1 rings (SSSR count). The molecular weight excluding hydrogens is 216 g/mol. The van der Waals surface area contributed by atoms with E-state index in [0.717, 1.165) is 11.8 Å². The van der Waals surface area contributed by atoms with Crippen LogP contribution in [0.25, 0.3) is 0 Å². The van der Waals surface area contributed by atoms with Crippen molar-refractivity contribution in [3.8, 4) is 0 Å². The van der Waals surface area contributed by atoms with E-state index >= 15 is 0 Å². The number of nitrogens with one attached hydrogen (secondary N) is 1. The van der Waals surface area contributed by atoms with Gasteiger partial charge in [0.1, 0.15) is 0 Å². The Kier molecular flexibility index (Phi) is 3.43. The molecule has 3 N–H and O–H groups in total. The van der Waals surface area contributed by atoms with Crippen LogP contribution in [0.1, 0.15) is 15.9 Å². The van der Waals surface area contributed by atoms with Crippen molar-refractivity contribution in [2.75, 3.05) is 6.26 Å². The maximum Gasteiger partial charge on any atom is 0.248 e. The summed E-state index contributed by atoms with van der Waals surface area (Å²) in [5.41, 5.74) is 6.23. The van der Waals surface area contributed by atoms with E-state index in [2.05, 4.69) is 4.72 Å². The maximum absolute atomic E-state index is 10.8. The predicted molar refractivity (Wildman–Crippen MR) is 56.6 cm³/mol. The summed E-state index contributed by atoms with van der Waals surface area (Å²) in [4.78, 5) is 10.7. The third-order valence-electron chi connectivity index (χ3n) is 1.78. The summed E-state index contributed by atoms with van der Waals surface area (Å²) in [5.74, 6) is -0.502. The topological polar surface area (TPSA) is 89.3 Å². The predicted octanol–water partition coefficient (Wildman–Crippen LogP) is -0.165. The summed E-state index contributed by atoms with van der Waals surface area (Å²) in [7, 11) is -3.19. The van der Waals surface area contributed by atoms with Crippen molar-refractivity contribution in [1.82, 2.24) is 4.72 Å². The molecule has 0 fully saturated rings. The molecule has 0 bridgehead atoms. The fourth-order valence-electron chi connectivity index (χ4n) is 1.00. The molecule has 0 aliphatic rings. The van der Waals surface area contributed by atoms with E-state index in [1.165, 1.54) is 0 Å². The number of rotatable bonds is 4. The van der Waals surface area contributed by atoms with Crippen molar-refractivity contribution in [3.05, 3.63) is 35.4 Å². The summed E-state index contributed by atoms with van der Waals surface area (Å²) in [5, 5.41) is 0. The lowest BCUT2D eigenvalue weighted by atomic mass is 10.1. The van der Waals surface area contributed by atoms with Gasteiger partial charge in [-0.25, -0.2) is 13.1 Å². The number of amides is 1. The number of benzene rings is 1. The van der Waals surface area contributed by atoms with Crippen LogP contribution in [-0.4, -0.2) is 20.6 Å². The summed E-state index contributed by atoms with van der Waals surface area (Å²) in [6, 6.07) is 6.42. The first-order valence-corrected chi connectivity index (χ1v) is 6.11. The van der Waals surface area contributed by atoms with Crippen LogP contribution in [0.4, 0.5) is 0 Å². The molecule has 0 heterocycles. The van der Waals surface area contributed by atoms with Crippen LogP contribution < -0.4 is 10.5 Å². The summed E-state index contributed by atoms with van der Waals surface area (Å²) >= 11 is 0. The molecular formula is C9H12N2O3S. The number of primary amides is 1. The molecule has 0 saturated carbocycles. The third-order valence-corrected chi connectivity index (χ3v) is 2.45. The lowest BCUT2D eigenvalue weighted by molar-refractivity contribution is 0.100. The number of carbonyl (C=O) groups excluding carboxylic acids is 1. The lowest BCUT2D eigenvalue weighted by Crippen LogP contribution is -2.21. The van der Waals surface area contributed by atoms with Crippen molar-refractivity contribution in [1.29, 1.82) is 0 Å².